The first-order valence-corrected chi connectivity index (χ1v) is 7.60. The Kier molecular flexibility index (Phi) is 3.88. The Morgan fingerprint density at radius 3 is 2.70 bits per heavy atom. The minimum absolute atomic E-state index is 0.322. The summed E-state index contributed by atoms with van der Waals surface area (Å²) >= 11 is 0. The van der Waals surface area contributed by atoms with Gasteiger partial charge in [-0.3, -0.25) is 0 Å². The van der Waals surface area contributed by atoms with E-state index in [1.807, 2.05) is 0 Å². The van der Waals surface area contributed by atoms with E-state index in [1.54, 1.807) is 0 Å². The topological polar surface area (TPSA) is 71.9 Å². The van der Waals surface area contributed by atoms with Crippen LogP contribution in [-0.4, -0.2) is 18.2 Å². The largest absolute Gasteiger partial charge is 0.383 e. The van der Waals surface area contributed by atoms with Gasteiger partial charge in [-0.05, 0) is 43.2 Å². The van der Waals surface area contributed by atoms with Crippen LogP contribution in [0.25, 0.3) is 0 Å². The molecule has 1 aromatic rings. The SMILES string of the molecule is N#Cc1c(N)nc2c(c1[C@@H]1CCOC1)CCCCCC2. The number of hydrogen-bond donors (Lipinski definition) is 1. The summed E-state index contributed by atoms with van der Waals surface area (Å²) in [5.74, 6) is 0.733. The molecule has 0 bridgehead atoms. The monoisotopic (exact) mass is 271 g/mol. The summed E-state index contributed by atoms with van der Waals surface area (Å²) in [4.78, 5) is 4.53. The number of fused-ring (bicyclic) bond motifs is 1. The average molecular weight is 271 g/mol. The molecule has 0 saturated carbocycles. The number of nitrogens with zero attached hydrogens (tertiary/aromatic N) is 2. The van der Waals surface area contributed by atoms with E-state index in [0.717, 1.165) is 37.1 Å². The van der Waals surface area contributed by atoms with Gasteiger partial charge in [0.2, 0.25) is 0 Å². The Morgan fingerprint density at radius 1 is 1.20 bits per heavy atom. The third kappa shape index (κ3) is 2.38. The maximum atomic E-state index is 9.48. The van der Waals surface area contributed by atoms with Gasteiger partial charge in [-0.25, -0.2) is 4.98 Å². The summed E-state index contributed by atoms with van der Waals surface area (Å²) in [6, 6.07) is 2.28. The fourth-order valence-electron chi connectivity index (χ4n) is 3.48. The van der Waals surface area contributed by atoms with Gasteiger partial charge in [0.1, 0.15) is 11.9 Å². The third-order valence-corrected chi connectivity index (χ3v) is 4.49. The van der Waals surface area contributed by atoms with Gasteiger partial charge in [0, 0.05) is 18.2 Å². The number of nitrogen functional groups attached to an aromatic ring is 1. The van der Waals surface area contributed by atoms with Crippen molar-refractivity contribution in [1.29, 1.82) is 5.26 Å². The molecule has 0 unspecified atom stereocenters. The first kappa shape index (κ1) is 13.4. The molecule has 1 aliphatic heterocycles. The molecule has 4 heteroatoms. The standard InChI is InChI=1S/C16H21N3O/c17-9-13-15(11-7-8-20-10-11)12-5-3-1-2-4-6-14(12)19-16(13)18/h11H,1-8,10H2,(H2,18,19)/t11-/m1/s1. The van der Waals surface area contributed by atoms with Crippen LogP contribution in [0.2, 0.25) is 0 Å². The van der Waals surface area contributed by atoms with Gasteiger partial charge in [0.25, 0.3) is 0 Å². The van der Waals surface area contributed by atoms with Crippen molar-refractivity contribution in [2.24, 2.45) is 0 Å². The van der Waals surface area contributed by atoms with Crippen molar-refractivity contribution in [3.63, 3.8) is 0 Å². The van der Waals surface area contributed by atoms with Crippen molar-refractivity contribution in [2.45, 2.75) is 50.9 Å². The number of rotatable bonds is 1. The highest BCUT2D eigenvalue weighted by Gasteiger charge is 2.27. The van der Waals surface area contributed by atoms with Crippen LogP contribution in [0.15, 0.2) is 0 Å². The Bertz CT molecular complexity index is 542. The molecule has 1 fully saturated rings. The van der Waals surface area contributed by atoms with E-state index in [-0.39, 0.29) is 0 Å². The molecular weight excluding hydrogens is 250 g/mol. The summed E-state index contributed by atoms with van der Waals surface area (Å²) < 4.78 is 5.53. The minimum atomic E-state index is 0.322. The van der Waals surface area contributed by atoms with Crippen LogP contribution in [0.1, 0.15) is 60.4 Å². The van der Waals surface area contributed by atoms with E-state index in [4.69, 9.17) is 10.5 Å². The number of aryl methyl sites for hydroxylation is 1. The van der Waals surface area contributed by atoms with Crippen LogP contribution in [-0.2, 0) is 17.6 Å². The zero-order valence-corrected chi connectivity index (χ0v) is 11.8. The smallest absolute Gasteiger partial charge is 0.141 e. The molecule has 3 rings (SSSR count). The van der Waals surface area contributed by atoms with Crippen molar-refractivity contribution in [3.8, 4) is 6.07 Å². The summed E-state index contributed by atoms with van der Waals surface area (Å²) in [5.41, 5.74) is 10.2. The van der Waals surface area contributed by atoms with E-state index in [2.05, 4.69) is 11.1 Å². The average Bonchev–Trinajstić information content (AvgIpc) is 2.93. The van der Waals surface area contributed by atoms with Crippen LogP contribution in [0.4, 0.5) is 5.82 Å². The molecule has 0 amide bonds. The van der Waals surface area contributed by atoms with Crippen molar-refractivity contribution in [3.05, 3.63) is 22.4 Å². The number of nitrogens with two attached hydrogens (primary N) is 1. The number of ether oxygens (including phenoxy) is 1. The highest BCUT2D eigenvalue weighted by Crippen LogP contribution is 2.36. The van der Waals surface area contributed by atoms with E-state index >= 15 is 0 Å². The lowest BCUT2D eigenvalue weighted by atomic mass is 9.84. The molecule has 1 aromatic heterocycles. The maximum Gasteiger partial charge on any atom is 0.141 e. The van der Waals surface area contributed by atoms with Gasteiger partial charge in [0.15, 0.2) is 0 Å². The lowest BCUT2D eigenvalue weighted by Crippen LogP contribution is -2.15. The quantitative estimate of drug-likeness (QED) is 0.852. The second-order valence-corrected chi connectivity index (χ2v) is 5.80. The van der Waals surface area contributed by atoms with Crippen LogP contribution in [0.5, 0.6) is 0 Å². The summed E-state index contributed by atoms with van der Waals surface area (Å²) in [5, 5.41) is 9.48. The Balaban J connectivity index is 2.14. The number of aromatic nitrogens is 1. The van der Waals surface area contributed by atoms with Crippen LogP contribution >= 0.6 is 0 Å². The first-order chi connectivity index (χ1) is 9.81. The predicted octanol–water partition coefficient (Wildman–Crippen LogP) is 2.70. The molecule has 0 spiro atoms. The second-order valence-electron chi connectivity index (χ2n) is 5.80. The molecule has 2 N–H and O–H groups in total. The summed E-state index contributed by atoms with van der Waals surface area (Å²) in [6.07, 6.45) is 7.91. The van der Waals surface area contributed by atoms with Crippen molar-refractivity contribution in [1.82, 2.24) is 4.98 Å². The molecule has 1 saturated heterocycles. The van der Waals surface area contributed by atoms with E-state index < -0.39 is 0 Å². The molecule has 2 aliphatic rings. The van der Waals surface area contributed by atoms with Crippen LogP contribution < -0.4 is 5.73 Å². The molecule has 4 nitrogen and oxygen atoms in total. The van der Waals surface area contributed by atoms with Crippen LogP contribution in [0.3, 0.4) is 0 Å². The summed E-state index contributed by atoms with van der Waals surface area (Å²) in [6.45, 7) is 1.50. The van der Waals surface area contributed by atoms with Crippen molar-refractivity contribution in [2.75, 3.05) is 18.9 Å². The zero-order valence-electron chi connectivity index (χ0n) is 11.8. The van der Waals surface area contributed by atoms with Gasteiger partial charge in [-0.1, -0.05) is 12.8 Å². The molecule has 0 aromatic carbocycles. The third-order valence-electron chi connectivity index (χ3n) is 4.49. The van der Waals surface area contributed by atoms with Crippen molar-refractivity contribution >= 4 is 5.82 Å². The number of pyridine rings is 1. The Hall–Kier alpha value is -1.60. The van der Waals surface area contributed by atoms with E-state index in [0.29, 0.717) is 23.9 Å². The van der Waals surface area contributed by atoms with Gasteiger partial charge < -0.3 is 10.5 Å². The molecule has 106 valence electrons. The predicted molar refractivity (Wildman–Crippen MR) is 77.4 cm³/mol. The normalized spacial score (nSPS) is 22.6. The van der Waals surface area contributed by atoms with Crippen LogP contribution in [0, 0.1) is 11.3 Å². The second kappa shape index (κ2) is 5.80. The van der Waals surface area contributed by atoms with Gasteiger partial charge in [-0.15, -0.1) is 0 Å². The van der Waals surface area contributed by atoms with Gasteiger partial charge >= 0.3 is 0 Å². The van der Waals surface area contributed by atoms with E-state index in [9.17, 15) is 5.26 Å². The molecular formula is C16H21N3O. The highest BCUT2D eigenvalue weighted by molar-refractivity contribution is 5.59. The molecule has 1 aliphatic carbocycles. The lowest BCUT2D eigenvalue weighted by molar-refractivity contribution is 0.193. The molecule has 2 heterocycles. The minimum Gasteiger partial charge on any atom is -0.383 e. The molecule has 1 atom stereocenters. The summed E-state index contributed by atoms with van der Waals surface area (Å²) in [7, 11) is 0. The fraction of sp³-hybridized carbons (Fsp3) is 0.625. The zero-order chi connectivity index (χ0) is 13.9. The highest BCUT2D eigenvalue weighted by atomic mass is 16.5. The number of nitriles is 1. The number of hydrogen-bond acceptors (Lipinski definition) is 4. The lowest BCUT2D eigenvalue weighted by Gasteiger charge is -2.22. The number of anilines is 1. The van der Waals surface area contributed by atoms with Gasteiger partial charge in [0.05, 0.1) is 12.2 Å². The maximum absolute atomic E-state index is 9.48. The fourth-order valence-corrected chi connectivity index (χ4v) is 3.48. The van der Waals surface area contributed by atoms with Gasteiger partial charge in [-0.2, -0.15) is 5.26 Å². The Morgan fingerprint density at radius 2 is 2.00 bits per heavy atom. The molecule has 0 radical (unpaired) electrons. The Labute approximate surface area is 119 Å². The van der Waals surface area contributed by atoms with E-state index in [1.165, 1.54) is 31.2 Å². The molecule has 20 heavy (non-hydrogen) atoms. The first-order valence-electron chi connectivity index (χ1n) is 7.60. The van der Waals surface area contributed by atoms with Crippen molar-refractivity contribution < 1.29 is 4.74 Å².